The molecule has 1 aromatic carbocycles. The number of nitrogens with one attached hydrogen (secondary N) is 1. The van der Waals surface area contributed by atoms with Gasteiger partial charge in [-0.05, 0) is 25.5 Å². The molecule has 1 amide bonds. The molecule has 0 bridgehead atoms. The van der Waals surface area contributed by atoms with E-state index in [-0.39, 0.29) is 62.3 Å². The van der Waals surface area contributed by atoms with Gasteiger partial charge >= 0.3 is 0 Å². The van der Waals surface area contributed by atoms with E-state index in [4.69, 9.17) is 5.73 Å². The van der Waals surface area contributed by atoms with E-state index in [0.717, 1.165) is 11.1 Å². The fourth-order valence-corrected chi connectivity index (χ4v) is 3.32. The average molecular weight is 557 g/mol. The summed E-state index contributed by atoms with van der Waals surface area (Å²) in [5.74, 6) is -0.370. The van der Waals surface area contributed by atoms with Crippen LogP contribution in [0.15, 0.2) is 28.6 Å². The van der Waals surface area contributed by atoms with Gasteiger partial charge in [0.25, 0.3) is 5.91 Å². The summed E-state index contributed by atoms with van der Waals surface area (Å²) >= 11 is 1.28. The van der Waals surface area contributed by atoms with Crippen LogP contribution in [0, 0.1) is 57.9 Å². The quantitative estimate of drug-likeness (QED) is 0.528. The van der Waals surface area contributed by atoms with E-state index in [2.05, 4.69) is 4.99 Å². The van der Waals surface area contributed by atoms with Gasteiger partial charge in [0, 0.05) is 68.5 Å². The molecule has 0 saturated carbocycles. The number of Topliss-reactive ketones (excluding diaryl/α,β-unsaturated/α-hetero) is 1. The number of ketones is 1. The third kappa shape index (κ3) is 5.19. The molecule has 1 radical (unpaired) electrons. The van der Waals surface area contributed by atoms with E-state index in [9.17, 15) is 9.59 Å². The number of carbonyl (C=O) groups excluding carboxylic acids is 2. The maximum absolute atomic E-state index is 12.5. The van der Waals surface area contributed by atoms with Gasteiger partial charge in [-0.15, -0.1) is 17.9 Å². The molecule has 1 N–H and O–H groups in total. The Kier molecular flexibility index (Phi) is 8.72. The van der Waals surface area contributed by atoms with E-state index < -0.39 is 0 Å². The normalized spacial score (nSPS) is 11.2. The molecular weight excluding hydrogens is 537 g/mol. The van der Waals surface area contributed by atoms with Crippen molar-refractivity contribution in [3.05, 3.63) is 56.5 Å². The van der Waals surface area contributed by atoms with Crippen LogP contribution >= 0.6 is 11.3 Å². The molecule has 0 saturated heterocycles. The maximum Gasteiger partial charge on any atom is 0.279 e. The molecule has 2 rings (SSSR count). The summed E-state index contributed by atoms with van der Waals surface area (Å²) in [6.07, 6.45) is 0.613. The number of carbonyl (C=O) groups is 2. The number of aryl methyl sites for hydroxylation is 2. The number of hydrogen-bond donors (Lipinski definition) is 0. The van der Waals surface area contributed by atoms with Gasteiger partial charge in [-0.2, -0.15) is 4.99 Å². The summed E-state index contributed by atoms with van der Waals surface area (Å²) in [5, 5.41) is 1.72. The number of thiazole rings is 1. The summed E-state index contributed by atoms with van der Waals surface area (Å²) in [7, 11) is 0. The van der Waals surface area contributed by atoms with Crippen LogP contribution < -0.4 is 4.80 Å². The van der Waals surface area contributed by atoms with Crippen molar-refractivity contribution in [3.63, 3.8) is 0 Å². The fraction of sp³-hybridized carbons (Fsp3) is 0.353. The summed E-state index contributed by atoms with van der Waals surface area (Å²) in [5.41, 5.74) is 10.4. The fourth-order valence-electron chi connectivity index (χ4n) is 2.35. The molecule has 0 atom stereocenters. The second-order valence-electron chi connectivity index (χ2n) is 5.45. The SMILES string of the molecule is CC(=O)c1csc(=NC(=O)c2ccc(C)cc2C)n1CCC[NH-].[Ac]. The summed E-state index contributed by atoms with van der Waals surface area (Å²) < 4.78 is 1.74. The van der Waals surface area contributed by atoms with E-state index in [1.807, 2.05) is 26.0 Å². The number of benzene rings is 1. The minimum absolute atomic E-state index is 0. The molecule has 0 fully saturated rings. The van der Waals surface area contributed by atoms with Crippen molar-refractivity contribution < 1.29 is 53.7 Å². The van der Waals surface area contributed by atoms with Crippen LogP contribution in [0.2, 0.25) is 0 Å². The molecule has 0 aliphatic rings. The Balaban J connectivity index is 0.00000288. The second kappa shape index (κ2) is 9.77. The van der Waals surface area contributed by atoms with Crippen LogP contribution in [0.5, 0.6) is 0 Å². The van der Waals surface area contributed by atoms with E-state index in [1.54, 1.807) is 16.0 Å². The van der Waals surface area contributed by atoms with Crippen molar-refractivity contribution >= 4 is 23.0 Å². The Morgan fingerprint density at radius 2 is 2.00 bits per heavy atom. The molecule has 24 heavy (non-hydrogen) atoms. The Morgan fingerprint density at radius 1 is 1.29 bits per heavy atom. The van der Waals surface area contributed by atoms with Gasteiger partial charge in [-0.3, -0.25) is 9.59 Å². The molecule has 125 valence electrons. The van der Waals surface area contributed by atoms with Crippen molar-refractivity contribution in [3.8, 4) is 0 Å². The zero-order chi connectivity index (χ0) is 17.0. The van der Waals surface area contributed by atoms with E-state index in [1.165, 1.54) is 18.3 Å². The van der Waals surface area contributed by atoms with Crippen molar-refractivity contribution in [2.75, 3.05) is 6.54 Å². The summed E-state index contributed by atoms with van der Waals surface area (Å²) in [6.45, 7) is 6.14. The third-order valence-electron chi connectivity index (χ3n) is 3.53. The topological polar surface area (TPSA) is 75.2 Å². The van der Waals surface area contributed by atoms with Crippen molar-refractivity contribution in [1.29, 1.82) is 0 Å². The standard InChI is InChI=1S/C17H20N3O2S.Ac/c1-11-5-6-14(12(2)9-11)16(22)19-17-20(8-4-7-18)15(10-23-17)13(3)21;/h5-6,9-10,18H,4,7-8H2,1-3H3;/q-1;. The van der Waals surface area contributed by atoms with E-state index in [0.29, 0.717) is 29.0 Å². The number of hydrogen-bond acceptors (Lipinski definition) is 3. The largest absolute Gasteiger partial charge is 0.677 e. The number of amides is 1. The van der Waals surface area contributed by atoms with Gasteiger partial charge in [-0.25, -0.2) is 0 Å². The van der Waals surface area contributed by atoms with Crippen molar-refractivity contribution in [2.24, 2.45) is 4.99 Å². The molecule has 0 spiro atoms. The number of aromatic nitrogens is 1. The molecule has 1 heterocycles. The van der Waals surface area contributed by atoms with Crippen LogP contribution in [0.25, 0.3) is 5.73 Å². The van der Waals surface area contributed by atoms with Gasteiger partial charge in [0.15, 0.2) is 10.6 Å². The van der Waals surface area contributed by atoms with Crippen LogP contribution in [-0.4, -0.2) is 22.8 Å². The Morgan fingerprint density at radius 3 is 2.58 bits per heavy atom. The van der Waals surface area contributed by atoms with Crippen LogP contribution in [-0.2, 0) is 6.54 Å². The minimum atomic E-state index is -0.306. The maximum atomic E-state index is 12.5. The van der Waals surface area contributed by atoms with E-state index >= 15 is 0 Å². The summed E-state index contributed by atoms with van der Waals surface area (Å²) in [4.78, 5) is 28.9. The van der Waals surface area contributed by atoms with Gasteiger partial charge < -0.3 is 10.3 Å². The molecule has 2 aromatic rings. The number of rotatable bonds is 5. The van der Waals surface area contributed by atoms with Crippen LogP contribution in [0.4, 0.5) is 0 Å². The predicted octanol–water partition coefficient (Wildman–Crippen LogP) is 3.55. The second-order valence-corrected chi connectivity index (χ2v) is 6.29. The predicted molar refractivity (Wildman–Crippen MR) is 91.9 cm³/mol. The van der Waals surface area contributed by atoms with Gasteiger partial charge in [-0.1, -0.05) is 24.1 Å². The Bertz CT molecular complexity index is 808. The molecule has 5 nitrogen and oxygen atoms in total. The molecule has 0 aliphatic carbocycles. The van der Waals surface area contributed by atoms with Gasteiger partial charge in [0.05, 0.1) is 5.69 Å². The first kappa shape index (κ1) is 21.4. The van der Waals surface area contributed by atoms with Gasteiger partial charge in [0.2, 0.25) is 0 Å². The zero-order valence-electron chi connectivity index (χ0n) is 14.1. The first-order chi connectivity index (χ1) is 10.9. The van der Waals surface area contributed by atoms with Crippen molar-refractivity contribution in [2.45, 2.75) is 33.7 Å². The first-order valence-corrected chi connectivity index (χ1v) is 8.32. The smallest absolute Gasteiger partial charge is 0.279 e. The molecule has 7 heteroatoms. The Hall–Kier alpha value is -0.608. The minimum Gasteiger partial charge on any atom is -0.677 e. The molecule has 0 unspecified atom stereocenters. The van der Waals surface area contributed by atoms with Crippen molar-refractivity contribution in [1.82, 2.24) is 4.57 Å². The average Bonchev–Trinajstić information content (AvgIpc) is 2.87. The van der Waals surface area contributed by atoms with Crippen LogP contribution in [0.1, 0.15) is 45.3 Å². The summed E-state index contributed by atoms with van der Waals surface area (Å²) in [6, 6.07) is 5.62. The third-order valence-corrected chi connectivity index (χ3v) is 4.39. The molecule has 1 aromatic heterocycles. The number of nitrogens with zero attached hydrogens (tertiary/aromatic N) is 2. The zero-order valence-corrected chi connectivity index (χ0v) is 19.7. The Labute approximate surface area is 181 Å². The molecule has 0 aliphatic heterocycles. The first-order valence-electron chi connectivity index (χ1n) is 7.44. The van der Waals surface area contributed by atoms with Crippen LogP contribution in [0.3, 0.4) is 0 Å². The monoisotopic (exact) mass is 557 g/mol. The van der Waals surface area contributed by atoms with Gasteiger partial charge in [0.1, 0.15) is 0 Å². The molecular formula is C17H20AcN3O2S-.